The van der Waals surface area contributed by atoms with Crippen LogP contribution in [0.3, 0.4) is 0 Å². The van der Waals surface area contributed by atoms with Crippen LogP contribution in [-0.2, 0) is 0 Å². The number of hydrogen-bond acceptors (Lipinski definition) is 2. The fourth-order valence-corrected chi connectivity index (χ4v) is 7.46. The lowest BCUT2D eigenvalue weighted by molar-refractivity contribution is -0.334. The number of hydrogen-bond donors (Lipinski definition) is 0. The number of aromatic nitrogens is 2. The van der Waals surface area contributed by atoms with Gasteiger partial charge in [0, 0.05) is 10.9 Å². The highest BCUT2D eigenvalue weighted by Gasteiger charge is 2.27. The summed E-state index contributed by atoms with van der Waals surface area (Å²) in [5, 5.41) is 5.69. The highest BCUT2D eigenvalue weighted by molar-refractivity contribution is 6.29. The normalized spacial score (nSPS) is 11.5. The molecule has 0 atom stereocenters. The Balaban J connectivity index is 1.15. The molecular weight excluding hydrogens is 621 g/mol. The van der Waals surface area contributed by atoms with Crippen LogP contribution in [0.15, 0.2) is 186 Å². The molecule has 2 aromatic heterocycles. The van der Waals surface area contributed by atoms with Gasteiger partial charge >= 0.3 is 5.82 Å². The van der Waals surface area contributed by atoms with Crippen LogP contribution in [0.4, 0.5) is 0 Å². The first-order chi connectivity index (χ1) is 25.3. The van der Waals surface area contributed by atoms with E-state index in [4.69, 9.17) is 9.40 Å². The molecular formula is C48H31N2O+. The second kappa shape index (κ2) is 11.9. The summed E-state index contributed by atoms with van der Waals surface area (Å²) in [6.07, 6.45) is 0. The number of nitrogens with zero attached hydrogens (tertiary/aromatic N) is 1. The first-order valence-corrected chi connectivity index (χ1v) is 17.3. The Morgan fingerprint density at radius 3 is 1.47 bits per heavy atom. The third-order valence-electron chi connectivity index (χ3n) is 9.95. The standard InChI is InChI=1S/C48H30N2O/c1-3-13-31(14-4-1)32-25-27-33(28-26-32)35-17-11-18-36(29-35)37-19-12-20-38(30-37)44-47-45(50-48(49-44)34-15-5-2-6-16-34)43-41-23-9-7-21-39(41)40-22-8-10-24-42(40)46(43)51-47/h1-30H/p+1. The van der Waals surface area contributed by atoms with E-state index in [1.807, 2.05) is 18.2 Å². The summed E-state index contributed by atoms with van der Waals surface area (Å²) in [7, 11) is 0. The number of furan rings is 1. The van der Waals surface area contributed by atoms with Crippen LogP contribution in [0.1, 0.15) is 0 Å². The van der Waals surface area contributed by atoms with Crippen molar-refractivity contribution in [2.24, 2.45) is 0 Å². The minimum Gasteiger partial charge on any atom is -0.447 e. The van der Waals surface area contributed by atoms with Gasteiger partial charge in [-0.15, -0.1) is 0 Å². The Morgan fingerprint density at radius 2 is 0.804 bits per heavy atom. The predicted octanol–water partition coefficient (Wildman–Crippen LogP) is 12.4. The minimum absolute atomic E-state index is 0.746. The monoisotopic (exact) mass is 651 g/mol. The Kier molecular flexibility index (Phi) is 6.81. The maximum atomic E-state index is 6.92. The lowest BCUT2D eigenvalue weighted by Crippen LogP contribution is -2.11. The molecule has 0 radical (unpaired) electrons. The Labute approximate surface area is 295 Å². The van der Waals surface area contributed by atoms with Gasteiger partial charge in [0.1, 0.15) is 5.58 Å². The molecule has 1 N–H and O–H groups in total. The van der Waals surface area contributed by atoms with Crippen molar-refractivity contribution in [2.75, 3.05) is 0 Å². The maximum absolute atomic E-state index is 6.92. The largest absolute Gasteiger partial charge is 0.447 e. The molecule has 2 heterocycles. The van der Waals surface area contributed by atoms with E-state index >= 15 is 0 Å². The Bertz CT molecular complexity index is 2890. The van der Waals surface area contributed by atoms with Crippen LogP contribution < -0.4 is 4.98 Å². The van der Waals surface area contributed by atoms with E-state index in [9.17, 15) is 0 Å². The van der Waals surface area contributed by atoms with E-state index in [1.54, 1.807) is 0 Å². The number of benzene rings is 8. The van der Waals surface area contributed by atoms with Gasteiger partial charge in [-0.1, -0.05) is 158 Å². The summed E-state index contributed by atoms with van der Waals surface area (Å²) >= 11 is 0. The zero-order valence-corrected chi connectivity index (χ0v) is 27.7. The molecule has 51 heavy (non-hydrogen) atoms. The lowest BCUT2D eigenvalue weighted by Gasteiger charge is -2.09. The van der Waals surface area contributed by atoms with E-state index in [1.165, 1.54) is 33.0 Å². The van der Waals surface area contributed by atoms with E-state index in [0.29, 0.717) is 0 Å². The van der Waals surface area contributed by atoms with Gasteiger partial charge < -0.3 is 4.42 Å². The molecule has 0 fully saturated rings. The molecule has 3 nitrogen and oxygen atoms in total. The summed E-state index contributed by atoms with van der Waals surface area (Å²) in [5.41, 5.74) is 12.4. The molecule has 238 valence electrons. The molecule has 10 rings (SSSR count). The molecule has 0 saturated carbocycles. The van der Waals surface area contributed by atoms with E-state index in [0.717, 1.165) is 66.6 Å². The number of rotatable bonds is 5. The van der Waals surface area contributed by atoms with Crippen molar-refractivity contribution < 1.29 is 9.40 Å². The van der Waals surface area contributed by atoms with Gasteiger partial charge in [0.15, 0.2) is 5.52 Å². The molecule has 3 heteroatoms. The smallest absolute Gasteiger partial charge is 0.329 e. The predicted molar refractivity (Wildman–Crippen MR) is 210 cm³/mol. The second-order valence-electron chi connectivity index (χ2n) is 13.0. The first-order valence-electron chi connectivity index (χ1n) is 17.3. The average Bonchev–Trinajstić information content (AvgIpc) is 3.62. The average molecular weight is 652 g/mol. The molecule has 0 aliphatic carbocycles. The van der Waals surface area contributed by atoms with Crippen molar-refractivity contribution in [1.29, 1.82) is 0 Å². The molecule has 0 amide bonds. The molecule has 0 aliphatic rings. The van der Waals surface area contributed by atoms with Crippen molar-refractivity contribution in [3.05, 3.63) is 182 Å². The summed E-state index contributed by atoms with van der Waals surface area (Å²) in [4.78, 5) is 9.00. The van der Waals surface area contributed by atoms with Crippen LogP contribution in [0, 0.1) is 0 Å². The molecule has 0 spiro atoms. The highest BCUT2D eigenvalue weighted by atomic mass is 16.3. The van der Waals surface area contributed by atoms with Gasteiger partial charge in [-0.2, -0.15) is 0 Å². The van der Waals surface area contributed by atoms with Gasteiger partial charge in [0.05, 0.1) is 10.9 Å². The quantitative estimate of drug-likeness (QED) is 0.174. The van der Waals surface area contributed by atoms with Crippen LogP contribution >= 0.6 is 0 Å². The van der Waals surface area contributed by atoms with Gasteiger partial charge in [-0.25, -0.2) is 4.98 Å². The van der Waals surface area contributed by atoms with E-state index in [2.05, 4.69) is 169 Å². The van der Waals surface area contributed by atoms with Crippen molar-refractivity contribution in [3.63, 3.8) is 0 Å². The van der Waals surface area contributed by atoms with Crippen LogP contribution in [0.2, 0.25) is 0 Å². The zero-order chi connectivity index (χ0) is 33.7. The molecule has 8 aromatic carbocycles. The number of H-pyrrole nitrogens is 1. The van der Waals surface area contributed by atoms with Gasteiger partial charge in [0.25, 0.3) is 0 Å². The second-order valence-corrected chi connectivity index (χ2v) is 13.0. The third kappa shape index (κ3) is 4.98. The molecule has 0 aliphatic heterocycles. The van der Waals surface area contributed by atoms with Crippen LogP contribution in [-0.4, -0.2) is 4.98 Å². The number of nitrogens with one attached hydrogen (secondary N) is 1. The number of fused-ring (bicyclic) bond motifs is 8. The highest BCUT2D eigenvalue weighted by Crippen LogP contribution is 2.42. The fraction of sp³-hybridized carbons (Fsp3) is 0. The van der Waals surface area contributed by atoms with Crippen LogP contribution in [0.5, 0.6) is 0 Å². The molecule has 0 unspecified atom stereocenters. The molecule has 0 bridgehead atoms. The Hall–Kier alpha value is -6.84. The van der Waals surface area contributed by atoms with Gasteiger partial charge in [-0.05, 0) is 78.8 Å². The van der Waals surface area contributed by atoms with E-state index < -0.39 is 0 Å². The van der Waals surface area contributed by atoms with Gasteiger partial charge in [0.2, 0.25) is 11.3 Å². The topological polar surface area (TPSA) is 40.2 Å². The molecule has 10 aromatic rings. The van der Waals surface area contributed by atoms with Crippen LogP contribution in [0.25, 0.3) is 99.6 Å². The van der Waals surface area contributed by atoms with E-state index in [-0.39, 0.29) is 0 Å². The van der Waals surface area contributed by atoms with Crippen molar-refractivity contribution in [2.45, 2.75) is 0 Å². The van der Waals surface area contributed by atoms with Gasteiger partial charge in [-0.3, -0.25) is 0 Å². The summed E-state index contributed by atoms with van der Waals surface area (Å²) in [5.74, 6) is 0.796. The van der Waals surface area contributed by atoms with Crippen molar-refractivity contribution >= 4 is 43.6 Å². The summed E-state index contributed by atoms with van der Waals surface area (Å²) < 4.78 is 6.92. The minimum atomic E-state index is 0.746. The first kappa shape index (κ1) is 29.1. The zero-order valence-electron chi connectivity index (χ0n) is 27.7. The Morgan fingerprint density at radius 1 is 0.353 bits per heavy atom. The fourth-order valence-electron chi connectivity index (χ4n) is 7.46. The molecule has 0 saturated heterocycles. The van der Waals surface area contributed by atoms with Crippen molar-refractivity contribution in [3.8, 4) is 56.0 Å². The maximum Gasteiger partial charge on any atom is 0.329 e. The third-order valence-corrected chi connectivity index (χ3v) is 9.95. The summed E-state index contributed by atoms with van der Waals surface area (Å²) in [6.45, 7) is 0. The van der Waals surface area contributed by atoms with Crippen molar-refractivity contribution in [1.82, 2.24) is 4.98 Å². The lowest BCUT2D eigenvalue weighted by atomic mass is 9.96. The summed E-state index contributed by atoms with van der Waals surface area (Å²) in [6, 6.07) is 64.2. The SMILES string of the molecule is c1ccc(-c2ccc(-c3cccc(-c4cccc(-c5nc(-c6ccccc6)[nH+]c6c5oc5c7ccccc7c7ccccc7c65)c4)c3)cc2)cc1. The number of aromatic amines is 1.